The van der Waals surface area contributed by atoms with Gasteiger partial charge in [-0.2, -0.15) is 0 Å². The molecule has 1 aliphatic heterocycles. The lowest BCUT2D eigenvalue weighted by Gasteiger charge is -2.27. The molecular weight excluding hydrogens is 348 g/mol. The molecule has 27 heavy (non-hydrogen) atoms. The van der Waals surface area contributed by atoms with Crippen LogP contribution in [-0.4, -0.2) is 51.5 Å². The van der Waals surface area contributed by atoms with Crippen LogP contribution in [0.15, 0.2) is 45.6 Å². The van der Waals surface area contributed by atoms with Crippen molar-refractivity contribution in [3.8, 4) is 0 Å². The zero-order chi connectivity index (χ0) is 18.7. The van der Waals surface area contributed by atoms with Gasteiger partial charge in [-0.25, -0.2) is 4.63 Å². The van der Waals surface area contributed by atoms with Gasteiger partial charge >= 0.3 is 0 Å². The third-order valence-corrected chi connectivity index (χ3v) is 5.06. The van der Waals surface area contributed by atoms with Crippen molar-refractivity contribution >= 4 is 16.9 Å². The molecule has 4 rings (SSSR count). The van der Waals surface area contributed by atoms with E-state index in [1.807, 2.05) is 18.2 Å². The summed E-state index contributed by atoms with van der Waals surface area (Å²) in [5.41, 5.74) is 1.72. The summed E-state index contributed by atoms with van der Waals surface area (Å²) in [7, 11) is 0. The number of furan rings is 1. The van der Waals surface area contributed by atoms with Gasteiger partial charge in [0.25, 0.3) is 5.91 Å². The number of nitrogens with zero attached hydrogens (tertiary/aromatic N) is 3. The summed E-state index contributed by atoms with van der Waals surface area (Å²) in [6.45, 7) is 2.64. The lowest BCUT2D eigenvalue weighted by atomic mass is 9.95. The van der Waals surface area contributed by atoms with Gasteiger partial charge in [-0.3, -0.25) is 9.69 Å². The third kappa shape index (κ3) is 4.17. The molecule has 1 aliphatic rings. The van der Waals surface area contributed by atoms with E-state index in [1.165, 1.54) is 6.26 Å². The fourth-order valence-electron chi connectivity index (χ4n) is 3.49. The van der Waals surface area contributed by atoms with Gasteiger partial charge in [0.15, 0.2) is 5.76 Å². The standard InChI is InChI=1S/C19H22N4O4/c24-18(17-3-1-10-26-17)20-13-19(25)6-2-8-23(9-7-19)12-14-4-5-15-16(11-14)22-27-21-15/h1,3-5,10-11,25H,2,6-9,12-13H2,(H,20,24). The van der Waals surface area contributed by atoms with E-state index in [9.17, 15) is 9.90 Å². The minimum atomic E-state index is -0.906. The largest absolute Gasteiger partial charge is 0.459 e. The van der Waals surface area contributed by atoms with Crippen molar-refractivity contribution < 1.29 is 18.9 Å². The van der Waals surface area contributed by atoms with Crippen LogP contribution in [0, 0.1) is 0 Å². The average Bonchev–Trinajstić information content (AvgIpc) is 3.32. The number of hydrogen-bond acceptors (Lipinski definition) is 7. The van der Waals surface area contributed by atoms with Crippen LogP contribution in [0.5, 0.6) is 0 Å². The molecule has 3 aromatic rings. The van der Waals surface area contributed by atoms with E-state index >= 15 is 0 Å². The summed E-state index contributed by atoms with van der Waals surface area (Å²) in [5, 5.41) is 21.4. The number of hydrogen-bond donors (Lipinski definition) is 2. The Labute approximate surface area is 156 Å². The second kappa shape index (κ2) is 7.50. The van der Waals surface area contributed by atoms with E-state index < -0.39 is 5.60 Å². The van der Waals surface area contributed by atoms with Crippen LogP contribution in [-0.2, 0) is 6.54 Å². The summed E-state index contributed by atoms with van der Waals surface area (Å²) in [4.78, 5) is 14.3. The van der Waals surface area contributed by atoms with E-state index in [0.29, 0.717) is 12.8 Å². The van der Waals surface area contributed by atoms with Gasteiger partial charge in [0.1, 0.15) is 11.0 Å². The topological polar surface area (TPSA) is 105 Å². The average molecular weight is 370 g/mol. The monoisotopic (exact) mass is 370 g/mol. The highest BCUT2D eigenvalue weighted by molar-refractivity contribution is 5.91. The van der Waals surface area contributed by atoms with Crippen molar-refractivity contribution in [2.75, 3.05) is 19.6 Å². The normalized spacial score (nSPS) is 21.2. The summed E-state index contributed by atoms with van der Waals surface area (Å²) in [6.07, 6.45) is 3.56. The Morgan fingerprint density at radius 2 is 2.11 bits per heavy atom. The van der Waals surface area contributed by atoms with E-state index in [2.05, 4.69) is 20.5 Å². The molecule has 0 saturated carbocycles. The fourth-order valence-corrected chi connectivity index (χ4v) is 3.49. The molecule has 0 spiro atoms. The molecule has 1 atom stereocenters. The Morgan fingerprint density at radius 3 is 2.96 bits per heavy atom. The van der Waals surface area contributed by atoms with Crippen molar-refractivity contribution in [3.05, 3.63) is 47.9 Å². The van der Waals surface area contributed by atoms with Gasteiger partial charge in [-0.15, -0.1) is 0 Å². The SMILES string of the molecule is O=C(NCC1(O)CCCN(Cc2ccc3nonc3c2)CC1)c1ccco1. The number of likely N-dealkylation sites (tertiary alicyclic amines) is 1. The molecule has 0 bridgehead atoms. The van der Waals surface area contributed by atoms with Crippen LogP contribution in [0.4, 0.5) is 0 Å². The Bertz CT molecular complexity index is 907. The fraction of sp³-hybridized carbons (Fsp3) is 0.421. The molecule has 8 heteroatoms. The molecule has 3 heterocycles. The molecule has 8 nitrogen and oxygen atoms in total. The lowest BCUT2D eigenvalue weighted by molar-refractivity contribution is 0.0245. The van der Waals surface area contributed by atoms with Crippen molar-refractivity contribution in [3.63, 3.8) is 0 Å². The van der Waals surface area contributed by atoms with Gasteiger partial charge in [-0.05, 0) is 65.9 Å². The first-order chi connectivity index (χ1) is 13.1. The molecule has 1 saturated heterocycles. The van der Waals surface area contributed by atoms with Crippen molar-refractivity contribution in [2.24, 2.45) is 0 Å². The molecular formula is C19H22N4O4. The number of benzene rings is 1. The highest BCUT2D eigenvalue weighted by Crippen LogP contribution is 2.23. The van der Waals surface area contributed by atoms with Crippen LogP contribution in [0.3, 0.4) is 0 Å². The second-order valence-electron chi connectivity index (χ2n) is 7.10. The lowest BCUT2D eigenvalue weighted by Crippen LogP contribution is -2.43. The van der Waals surface area contributed by atoms with E-state index in [1.54, 1.807) is 12.1 Å². The molecule has 1 amide bonds. The highest BCUT2D eigenvalue weighted by Gasteiger charge is 2.31. The highest BCUT2D eigenvalue weighted by atomic mass is 16.6. The van der Waals surface area contributed by atoms with Gasteiger partial charge in [0, 0.05) is 19.6 Å². The first-order valence-electron chi connectivity index (χ1n) is 9.09. The Kier molecular flexibility index (Phi) is 4.91. The first-order valence-corrected chi connectivity index (χ1v) is 9.09. The molecule has 0 aliphatic carbocycles. The van der Waals surface area contributed by atoms with Gasteiger partial charge < -0.3 is 14.8 Å². The second-order valence-corrected chi connectivity index (χ2v) is 7.10. The predicted octanol–water partition coefficient (Wildman–Crippen LogP) is 1.96. The number of amides is 1. The zero-order valence-electron chi connectivity index (χ0n) is 14.9. The Hall–Kier alpha value is -2.71. The first kappa shape index (κ1) is 17.7. The number of carbonyl (C=O) groups is 1. The van der Waals surface area contributed by atoms with Gasteiger partial charge in [-0.1, -0.05) is 6.07 Å². The van der Waals surface area contributed by atoms with E-state index in [-0.39, 0.29) is 18.2 Å². The maximum atomic E-state index is 12.0. The molecule has 142 valence electrons. The van der Waals surface area contributed by atoms with Crippen LogP contribution in [0.2, 0.25) is 0 Å². The van der Waals surface area contributed by atoms with E-state index in [0.717, 1.165) is 42.7 Å². The van der Waals surface area contributed by atoms with Crippen LogP contribution < -0.4 is 5.32 Å². The van der Waals surface area contributed by atoms with Crippen LogP contribution >= 0.6 is 0 Å². The minimum absolute atomic E-state index is 0.219. The van der Waals surface area contributed by atoms with Crippen molar-refractivity contribution in [1.82, 2.24) is 20.5 Å². The maximum Gasteiger partial charge on any atom is 0.287 e. The summed E-state index contributed by atoms with van der Waals surface area (Å²) >= 11 is 0. The molecule has 1 aromatic carbocycles. The number of carbonyl (C=O) groups excluding carboxylic acids is 1. The van der Waals surface area contributed by atoms with Crippen LogP contribution in [0.1, 0.15) is 35.4 Å². The van der Waals surface area contributed by atoms with Crippen LogP contribution in [0.25, 0.3) is 11.0 Å². The van der Waals surface area contributed by atoms with E-state index in [4.69, 9.17) is 9.05 Å². The Morgan fingerprint density at radius 1 is 1.22 bits per heavy atom. The smallest absolute Gasteiger partial charge is 0.287 e. The third-order valence-electron chi connectivity index (χ3n) is 5.06. The summed E-state index contributed by atoms with van der Waals surface area (Å²) in [6, 6.07) is 9.17. The molecule has 0 radical (unpaired) electrons. The summed E-state index contributed by atoms with van der Waals surface area (Å²) in [5.74, 6) is -0.0457. The van der Waals surface area contributed by atoms with Crippen molar-refractivity contribution in [2.45, 2.75) is 31.4 Å². The maximum absolute atomic E-state index is 12.0. The number of aliphatic hydroxyl groups is 1. The predicted molar refractivity (Wildman–Crippen MR) is 96.9 cm³/mol. The van der Waals surface area contributed by atoms with Gasteiger partial charge in [0.2, 0.25) is 0 Å². The molecule has 1 fully saturated rings. The minimum Gasteiger partial charge on any atom is -0.459 e. The molecule has 2 aromatic heterocycles. The molecule has 2 N–H and O–H groups in total. The number of rotatable bonds is 5. The number of nitrogens with one attached hydrogen (secondary N) is 1. The molecule has 1 unspecified atom stereocenters. The number of aromatic nitrogens is 2. The zero-order valence-corrected chi connectivity index (χ0v) is 14.9. The van der Waals surface area contributed by atoms with Gasteiger partial charge in [0.05, 0.1) is 11.9 Å². The Balaban J connectivity index is 1.33. The number of fused-ring (bicyclic) bond motifs is 1. The quantitative estimate of drug-likeness (QED) is 0.707. The summed E-state index contributed by atoms with van der Waals surface area (Å²) < 4.78 is 9.83. The van der Waals surface area contributed by atoms with Crippen molar-refractivity contribution in [1.29, 1.82) is 0 Å².